The molecule has 7 rings (SSSR count). The maximum Gasteiger partial charge on any atom is 0.120 e. The van der Waals surface area contributed by atoms with E-state index in [-0.39, 0.29) is 12.6 Å². The van der Waals surface area contributed by atoms with Crippen molar-refractivity contribution in [3.05, 3.63) is 150 Å². The molecule has 0 N–H and O–H groups in total. The average molecular weight is 655 g/mol. The molecule has 5 nitrogen and oxygen atoms in total. The summed E-state index contributed by atoms with van der Waals surface area (Å²) in [5, 5.41) is 1.17. The van der Waals surface area contributed by atoms with Gasteiger partial charge in [-0.15, -0.1) is 0 Å². The van der Waals surface area contributed by atoms with Gasteiger partial charge in [-0.05, 0) is 102 Å². The molecule has 1 saturated heterocycles. The molecule has 1 aliphatic rings. The van der Waals surface area contributed by atoms with Crippen molar-refractivity contribution in [1.29, 1.82) is 0 Å². The Balaban J connectivity index is 1.11. The summed E-state index contributed by atoms with van der Waals surface area (Å²) in [6.45, 7) is 6.93. The summed E-state index contributed by atoms with van der Waals surface area (Å²) in [6, 6.07) is 43.7. The third-order valence-corrected chi connectivity index (χ3v) is 9.44. The highest BCUT2D eigenvalue weighted by atomic mass is 19.1. The lowest BCUT2D eigenvalue weighted by atomic mass is 10.1. The van der Waals surface area contributed by atoms with E-state index in [0.29, 0.717) is 26.4 Å². The van der Waals surface area contributed by atoms with Crippen LogP contribution in [0.25, 0.3) is 22.2 Å². The van der Waals surface area contributed by atoms with Crippen molar-refractivity contribution in [2.75, 3.05) is 32.9 Å². The number of nitrogens with zero attached hydrogens (tertiary/aromatic N) is 2. The molecule has 5 aromatic carbocycles. The quantitative estimate of drug-likeness (QED) is 0.117. The van der Waals surface area contributed by atoms with E-state index in [9.17, 15) is 4.39 Å². The smallest absolute Gasteiger partial charge is 0.120 e. The number of benzene rings is 5. The van der Waals surface area contributed by atoms with E-state index in [2.05, 4.69) is 107 Å². The van der Waals surface area contributed by atoms with Crippen LogP contribution in [0.1, 0.15) is 28.7 Å². The molecule has 0 bridgehead atoms. The minimum absolute atomic E-state index is 0.178. The highest BCUT2D eigenvalue weighted by Gasteiger charge is 2.22. The summed E-state index contributed by atoms with van der Waals surface area (Å²) in [5.74, 6) is 2.72. The van der Waals surface area contributed by atoms with Gasteiger partial charge in [0, 0.05) is 36.5 Å². The summed E-state index contributed by atoms with van der Waals surface area (Å²) in [5.41, 5.74) is 8.12. The van der Waals surface area contributed by atoms with E-state index in [1.807, 2.05) is 36.4 Å². The highest BCUT2D eigenvalue weighted by molar-refractivity contribution is 5.92. The maximum absolute atomic E-state index is 13.0. The topological polar surface area (TPSA) is 35.9 Å². The number of hydrogen-bond donors (Lipinski definition) is 0. The number of ether oxygens (including phenoxy) is 3. The zero-order valence-corrected chi connectivity index (χ0v) is 28.1. The highest BCUT2D eigenvalue weighted by Crippen LogP contribution is 2.37. The molecular weight excluding hydrogens is 611 g/mol. The van der Waals surface area contributed by atoms with Gasteiger partial charge in [0.25, 0.3) is 0 Å². The van der Waals surface area contributed by atoms with Crippen LogP contribution in [0.4, 0.5) is 4.39 Å². The Morgan fingerprint density at radius 2 is 1.29 bits per heavy atom. The van der Waals surface area contributed by atoms with Crippen LogP contribution in [0.3, 0.4) is 0 Å². The molecule has 2 heterocycles. The molecule has 1 atom stereocenters. The molecule has 1 aromatic heterocycles. The van der Waals surface area contributed by atoms with Crippen molar-refractivity contribution < 1.29 is 18.6 Å². The monoisotopic (exact) mass is 654 g/mol. The molecule has 6 aromatic rings. The first-order valence-corrected chi connectivity index (χ1v) is 17.2. The van der Waals surface area contributed by atoms with Gasteiger partial charge in [0.15, 0.2) is 0 Å². The van der Waals surface area contributed by atoms with Crippen LogP contribution in [-0.2, 0) is 19.8 Å². The molecule has 49 heavy (non-hydrogen) atoms. The van der Waals surface area contributed by atoms with Gasteiger partial charge in [-0.3, -0.25) is 9.29 Å². The third kappa shape index (κ3) is 7.98. The maximum atomic E-state index is 13.0. The minimum Gasteiger partial charge on any atom is -0.492 e. The predicted molar refractivity (Wildman–Crippen MR) is 195 cm³/mol. The van der Waals surface area contributed by atoms with Crippen LogP contribution in [0.15, 0.2) is 127 Å². The van der Waals surface area contributed by atoms with Crippen LogP contribution in [0.2, 0.25) is 0 Å². The Kier molecular flexibility index (Phi) is 10.2. The number of fused-ring (bicyclic) bond motifs is 1. The molecule has 1 aliphatic heterocycles. The lowest BCUT2D eigenvalue weighted by Gasteiger charge is -2.16. The largest absolute Gasteiger partial charge is 0.492 e. The van der Waals surface area contributed by atoms with Crippen LogP contribution in [-0.4, -0.2) is 42.4 Å². The fourth-order valence-corrected chi connectivity index (χ4v) is 6.73. The summed E-state index contributed by atoms with van der Waals surface area (Å²) in [7, 11) is 0. The molecule has 0 unspecified atom stereocenters. The van der Waals surface area contributed by atoms with Gasteiger partial charge in [0.2, 0.25) is 0 Å². The zero-order valence-electron chi connectivity index (χ0n) is 28.1. The van der Waals surface area contributed by atoms with E-state index in [1.165, 1.54) is 22.2 Å². The first-order valence-electron chi connectivity index (χ1n) is 17.2. The lowest BCUT2D eigenvalue weighted by Crippen LogP contribution is -2.26. The number of aromatic nitrogens is 1. The molecule has 0 amide bonds. The summed E-state index contributed by atoms with van der Waals surface area (Å²) in [4.78, 5) is 2.29. The SMILES string of the molecule is Cc1c(-c2ccc(OCc3ccccc3)cc2)n(Cc2ccc(OCCN3CC[C@@H](CF)C3)cc2)c2ccc(OCc3ccccc3)cc12. The molecule has 0 saturated carbocycles. The van der Waals surface area contributed by atoms with Crippen molar-refractivity contribution in [2.45, 2.75) is 33.1 Å². The van der Waals surface area contributed by atoms with Gasteiger partial charge in [-0.25, -0.2) is 0 Å². The van der Waals surface area contributed by atoms with E-state index in [4.69, 9.17) is 14.2 Å². The van der Waals surface area contributed by atoms with Crippen molar-refractivity contribution in [1.82, 2.24) is 9.47 Å². The van der Waals surface area contributed by atoms with Crippen LogP contribution in [0.5, 0.6) is 17.2 Å². The summed E-state index contributed by atoms with van der Waals surface area (Å²) >= 11 is 0. The lowest BCUT2D eigenvalue weighted by molar-refractivity contribution is 0.228. The van der Waals surface area contributed by atoms with E-state index < -0.39 is 0 Å². The Bertz CT molecular complexity index is 1940. The van der Waals surface area contributed by atoms with Gasteiger partial charge in [0.1, 0.15) is 37.1 Å². The van der Waals surface area contributed by atoms with Gasteiger partial charge < -0.3 is 18.8 Å². The predicted octanol–water partition coefficient (Wildman–Crippen LogP) is 9.49. The number of halogens is 1. The summed E-state index contributed by atoms with van der Waals surface area (Å²) < 4.78 is 33.8. The second kappa shape index (κ2) is 15.4. The standard InChI is InChI=1S/C43H43FN2O3/c1-32-41-26-40(49-31-35-10-6-3-7-11-35)20-21-42(41)46(43(32)37-14-18-39(19-15-37)48-30-34-8-4-2-5-9-34)29-33-12-16-38(17-13-33)47-25-24-45-23-22-36(27-44)28-45/h2-21,26,36H,22-25,27-31H2,1H3/t36-/m0/s1. The Morgan fingerprint density at radius 1 is 0.673 bits per heavy atom. The summed E-state index contributed by atoms with van der Waals surface area (Å²) in [6.07, 6.45) is 0.939. The molecule has 0 aliphatic carbocycles. The normalized spacial score (nSPS) is 14.7. The fraction of sp³-hybridized carbons (Fsp3) is 0.256. The number of hydrogen-bond acceptors (Lipinski definition) is 4. The first kappa shape index (κ1) is 32.5. The van der Waals surface area contributed by atoms with Crippen molar-refractivity contribution in [3.63, 3.8) is 0 Å². The molecule has 1 fully saturated rings. The number of aryl methyl sites for hydroxylation is 1. The molecule has 0 spiro atoms. The van der Waals surface area contributed by atoms with Crippen LogP contribution < -0.4 is 14.2 Å². The zero-order chi connectivity index (χ0) is 33.4. The van der Waals surface area contributed by atoms with E-state index in [1.54, 1.807) is 0 Å². The Labute approximate surface area is 288 Å². The second-order valence-corrected chi connectivity index (χ2v) is 12.9. The number of rotatable bonds is 14. The molecular formula is C43H43FN2O3. The third-order valence-electron chi connectivity index (χ3n) is 9.44. The van der Waals surface area contributed by atoms with E-state index >= 15 is 0 Å². The van der Waals surface area contributed by atoms with Crippen molar-refractivity contribution in [2.24, 2.45) is 5.92 Å². The molecule has 6 heteroatoms. The fourth-order valence-electron chi connectivity index (χ4n) is 6.73. The van der Waals surface area contributed by atoms with Gasteiger partial charge in [-0.2, -0.15) is 0 Å². The second-order valence-electron chi connectivity index (χ2n) is 12.9. The first-order chi connectivity index (χ1) is 24.1. The van der Waals surface area contributed by atoms with Crippen LogP contribution >= 0.6 is 0 Å². The molecule has 250 valence electrons. The van der Waals surface area contributed by atoms with Gasteiger partial charge >= 0.3 is 0 Å². The van der Waals surface area contributed by atoms with Gasteiger partial charge in [-0.1, -0.05) is 72.8 Å². The van der Waals surface area contributed by atoms with Crippen molar-refractivity contribution in [3.8, 4) is 28.5 Å². The van der Waals surface area contributed by atoms with Crippen LogP contribution in [0, 0.1) is 12.8 Å². The van der Waals surface area contributed by atoms with Crippen molar-refractivity contribution >= 4 is 10.9 Å². The Hall–Kier alpha value is -5.07. The number of alkyl halides is 1. The minimum atomic E-state index is -0.228. The average Bonchev–Trinajstić information content (AvgIpc) is 3.73. The Morgan fingerprint density at radius 3 is 1.94 bits per heavy atom. The van der Waals surface area contributed by atoms with E-state index in [0.717, 1.165) is 65.5 Å². The van der Waals surface area contributed by atoms with Gasteiger partial charge in [0.05, 0.1) is 12.4 Å². The number of likely N-dealkylation sites (tertiary alicyclic amines) is 1. The molecule has 0 radical (unpaired) electrons.